The van der Waals surface area contributed by atoms with E-state index < -0.39 is 12.1 Å². The Hall–Kier alpha value is -2.05. The number of hydrogen-bond donors (Lipinski definition) is 1. The number of aromatic nitrogens is 2. The monoisotopic (exact) mass is 311 g/mol. The van der Waals surface area contributed by atoms with E-state index in [9.17, 15) is 13.2 Å². The molecule has 1 heterocycles. The molecule has 0 radical (unpaired) electrons. The molecule has 22 heavy (non-hydrogen) atoms. The molecule has 1 aliphatic carbocycles. The van der Waals surface area contributed by atoms with Gasteiger partial charge in [-0.05, 0) is 37.8 Å². The molecule has 1 saturated carbocycles. The standard InChI is InChI=1S/C15H16F3N3O/c16-15(17,18)9-4-6-10(7-5-9)22-14-11-2-1-3-12(19)13(11)20-8-21-14/h1-3,8-10H,4-7,19H2/t9-,10-. The van der Waals surface area contributed by atoms with Crippen molar-refractivity contribution in [2.24, 2.45) is 5.92 Å². The van der Waals surface area contributed by atoms with E-state index in [0.717, 1.165) is 0 Å². The molecule has 0 atom stereocenters. The molecule has 0 amide bonds. The van der Waals surface area contributed by atoms with Gasteiger partial charge in [0.15, 0.2) is 0 Å². The van der Waals surface area contributed by atoms with E-state index >= 15 is 0 Å². The van der Waals surface area contributed by atoms with Gasteiger partial charge in [-0.3, -0.25) is 0 Å². The van der Waals surface area contributed by atoms with Gasteiger partial charge >= 0.3 is 6.18 Å². The van der Waals surface area contributed by atoms with Gasteiger partial charge in [0.2, 0.25) is 5.88 Å². The summed E-state index contributed by atoms with van der Waals surface area (Å²) in [4.78, 5) is 8.21. The third-order valence-electron chi connectivity index (χ3n) is 4.07. The summed E-state index contributed by atoms with van der Waals surface area (Å²) >= 11 is 0. The largest absolute Gasteiger partial charge is 0.474 e. The minimum atomic E-state index is -4.11. The lowest BCUT2D eigenvalue weighted by Crippen LogP contribution is -2.32. The number of fused-ring (bicyclic) bond motifs is 1. The second kappa shape index (κ2) is 5.62. The highest BCUT2D eigenvalue weighted by molar-refractivity contribution is 5.92. The van der Waals surface area contributed by atoms with Gasteiger partial charge in [-0.2, -0.15) is 13.2 Å². The number of halogens is 3. The fourth-order valence-electron chi connectivity index (χ4n) is 2.85. The van der Waals surface area contributed by atoms with Crippen LogP contribution in [0.2, 0.25) is 0 Å². The highest BCUT2D eigenvalue weighted by atomic mass is 19.4. The highest BCUT2D eigenvalue weighted by Gasteiger charge is 2.41. The summed E-state index contributed by atoms with van der Waals surface area (Å²) in [6, 6.07) is 5.30. The molecule has 2 aromatic rings. The molecule has 4 nitrogen and oxygen atoms in total. The van der Waals surface area contributed by atoms with Crippen molar-refractivity contribution in [3.8, 4) is 5.88 Å². The maximum absolute atomic E-state index is 12.7. The van der Waals surface area contributed by atoms with Gasteiger partial charge in [0.1, 0.15) is 17.9 Å². The van der Waals surface area contributed by atoms with Crippen molar-refractivity contribution in [3.05, 3.63) is 24.5 Å². The van der Waals surface area contributed by atoms with Crippen molar-refractivity contribution < 1.29 is 17.9 Å². The average Bonchev–Trinajstić information content (AvgIpc) is 2.48. The molecule has 3 rings (SSSR count). The first-order valence-corrected chi connectivity index (χ1v) is 7.17. The lowest BCUT2D eigenvalue weighted by atomic mass is 9.87. The molecule has 0 saturated heterocycles. The third-order valence-corrected chi connectivity index (χ3v) is 4.07. The minimum absolute atomic E-state index is 0.0965. The zero-order valence-electron chi connectivity index (χ0n) is 11.8. The number of nitrogen functional groups attached to an aromatic ring is 1. The molecule has 0 spiro atoms. The van der Waals surface area contributed by atoms with Gasteiger partial charge in [0, 0.05) is 0 Å². The van der Waals surface area contributed by atoms with Crippen LogP contribution in [0.3, 0.4) is 0 Å². The predicted molar refractivity (Wildman–Crippen MR) is 76.4 cm³/mol. The van der Waals surface area contributed by atoms with E-state index in [2.05, 4.69) is 9.97 Å². The van der Waals surface area contributed by atoms with Crippen molar-refractivity contribution in [1.82, 2.24) is 9.97 Å². The fraction of sp³-hybridized carbons (Fsp3) is 0.467. The Morgan fingerprint density at radius 2 is 1.82 bits per heavy atom. The lowest BCUT2D eigenvalue weighted by Gasteiger charge is -2.30. The number of nitrogens with zero attached hydrogens (tertiary/aromatic N) is 2. The van der Waals surface area contributed by atoms with Crippen molar-refractivity contribution in [1.29, 1.82) is 0 Å². The zero-order valence-corrected chi connectivity index (χ0v) is 11.8. The number of nitrogens with two attached hydrogens (primary N) is 1. The number of rotatable bonds is 2. The normalized spacial score (nSPS) is 22.7. The van der Waals surface area contributed by atoms with Crippen LogP contribution in [0, 0.1) is 5.92 Å². The molecule has 1 aromatic heterocycles. The molecule has 0 unspecified atom stereocenters. The van der Waals surface area contributed by atoms with Crippen molar-refractivity contribution in [2.45, 2.75) is 38.0 Å². The maximum atomic E-state index is 12.7. The Balaban J connectivity index is 1.74. The van der Waals surface area contributed by atoms with E-state index in [4.69, 9.17) is 10.5 Å². The smallest absolute Gasteiger partial charge is 0.391 e. The van der Waals surface area contributed by atoms with Crippen LogP contribution in [0.4, 0.5) is 18.9 Å². The molecule has 1 fully saturated rings. The Labute approximate surface area is 125 Å². The van der Waals surface area contributed by atoms with Gasteiger partial charge < -0.3 is 10.5 Å². The average molecular weight is 311 g/mol. The van der Waals surface area contributed by atoms with Crippen LogP contribution in [0.25, 0.3) is 10.9 Å². The van der Waals surface area contributed by atoms with Gasteiger partial charge in [-0.25, -0.2) is 9.97 Å². The molecular weight excluding hydrogens is 295 g/mol. The number of alkyl halides is 3. The van der Waals surface area contributed by atoms with E-state index in [1.165, 1.54) is 6.33 Å². The van der Waals surface area contributed by atoms with Crippen LogP contribution in [0.15, 0.2) is 24.5 Å². The summed E-state index contributed by atoms with van der Waals surface area (Å²) in [5, 5.41) is 0.681. The fourth-order valence-corrected chi connectivity index (χ4v) is 2.85. The van der Waals surface area contributed by atoms with Gasteiger partial charge in [-0.15, -0.1) is 0 Å². The predicted octanol–water partition coefficient (Wildman–Crippen LogP) is 3.71. The summed E-state index contributed by atoms with van der Waals surface area (Å²) in [5.41, 5.74) is 6.97. The number of benzene rings is 1. The van der Waals surface area contributed by atoms with Crippen LogP contribution >= 0.6 is 0 Å². The second-order valence-corrected chi connectivity index (χ2v) is 5.56. The summed E-state index contributed by atoms with van der Waals surface area (Å²) in [7, 11) is 0. The molecule has 118 valence electrons. The zero-order chi connectivity index (χ0) is 15.7. The van der Waals surface area contributed by atoms with Crippen LogP contribution in [-0.4, -0.2) is 22.2 Å². The Bertz CT molecular complexity index is 667. The second-order valence-electron chi connectivity index (χ2n) is 5.56. The summed E-state index contributed by atoms with van der Waals surface area (Å²) in [5.74, 6) is -0.835. The molecule has 0 bridgehead atoms. The number of ether oxygens (including phenoxy) is 1. The van der Waals surface area contributed by atoms with Crippen LogP contribution in [-0.2, 0) is 0 Å². The summed E-state index contributed by atoms with van der Waals surface area (Å²) in [6.07, 6.45) is -2.07. The van der Waals surface area contributed by atoms with Gasteiger partial charge in [0.25, 0.3) is 0 Å². The quantitative estimate of drug-likeness (QED) is 0.859. The van der Waals surface area contributed by atoms with Gasteiger partial charge in [0.05, 0.1) is 17.0 Å². The SMILES string of the molecule is Nc1cccc2c(O[C@H]3CC[C@H](C(F)(F)F)CC3)ncnc12. The Morgan fingerprint density at radius 1 is 1.09 bits per heavy atom. The molecular formula is C15H16F3N3O. The first kappa shape index (κ1) is 14.9. The minimum Gasteiger partial charge on any atom is -0.474 e. The molecule has 2 N–H and O–H groups in total. The highest BCUT2D eigenvalue weighted by Crippen LogP contribution is 2.38. The number of anilines is 1. The van der Waals surface area contributed by atoms with Gasteiger partial charge in [-0.1, -0.05) is 6.07 Å². The Morgan fingerprint density at radius 3 is 2.50 bits per heavy atom. The van der Waals surface area contributed by atoms with E-state index in [0.29, 0.717) is 35.3 Å². The molecule has 1 aliphatic rings. The maximum Gasteiger partial charge on any atom is 0.391 e. The van der Waals surface area contributed by atoms with Crippen molar-refractivity contribution in [3.63, 3.8) is 0 Å². The van der Waals surface area contributed by atoms with Crippen LogP contribution in [0.1, 0.15) is 25.7 Å². The van der Waals surface area contributed by atoms with Crippen LogP contribution in [0.5, 0.6) is 5.88 Å². The molecule has 7 heteroatoms. The lowest BCUT2D eigenvalue weighted by molar-refractivity contribution is -0.185. The van der Waals surface area contributed by atoms with Crippen molar-refractivity contribution >= 4 is 16.6 Å². The first-order valence-electron chi connectivity index (χ1n) is 7.17. The molecule has 0 aliphatic heterocycles. The van der Waals surface area contributed by atoms with E-state index in [-0.39, 0.29) is 18.9 Å². The van der Waals surface area contributed by atoms with Crippen LogP contribution < -0.4 is 10.5 Å². The van der Waals surface area contributed by atoms with E-state index in [1.54, 1.807) is 18.2 Å². The molecule has 1 aromatic carbocycles. The number of hydrogen-bond acceptors (Lipinski definition) is 4. The van der Waals surface area contributed by atoms with E-state index in [1.807, 2.05) is 0 Å². The Kier molecular flexibility index (Phi) is 3.80. The van der Waals surface area contributed by atoms with Crippen molar-refractivity contribution in [2.75, 3.05) is 5.73 Å². The number of para-hydroxylation sites is 1. The topological polar surface area (TPSA) is 61.0 Å². The summed E-state index contributed by atoms with van der Waals surface area (Å²) < 4.78 is 43.8. The third kappa shape index (κ3) is 2.93. The first-order chi connectivity index (χ1) is 10.4. The summed E-state index contributed by atoms with van der Waals surface area (Å²) in [6.45, 7) is 0.